The predicted molar refractivity (Wildman–Crippen MR) is 127 cm³/mol. The molecule has 0 bridgehead atoms. The average molecular weight is 470 g/mol. The van der Waals surface area contributed by atoms with Crippen LogP contribution in [-0.4, -0.2) is 52.2 Å². The maximum absolute atomic E-state index is 13.2. The van der Waals surface area contributed by atoms with Gasteiger partial charge in [-0.25, -0.2) is 4.39 Å². The smallest absolute Gasteiger partial charge is 0.233 e. The summed E-state index contributed by atoms with van der Waals surface area (Å²) in [7, 11) is 0. The molecule has 1 fully saturated rings. The minimum atomic E-state index is -0.404. The van der Waals surface area contributed by atoms with Crippen molar-refractivity contribution in [2.24, 2.45) is 0 Å². The van der Waals surface area contributed by atoms with Gasteiger partial charge in [-0.2, -0.15) is 0 Å². The number of ether oxygens (including phenoxy) is 1. The van der Waals surface area contributed by atoms with Gasteiger partial charge in [-0.3, -0.25) is 9.36 Å². The molecule has 7 nitrogen and oxygen atoms in total. The fourth-order valence-corrected chi connectivity index (χ4v) is 4.55. The van der Waals surface area contributed by atoms with Crippen LogP contribution < -0.4 is 10.2 Å². The summed E-state index contributed by atoms with van der Waals surface area (Å²) in [6.07, 6.45) is 0. The molecule has 2 heterocycles. The minimum Gasteiger partial charge on any atom is -0.378 e. The second-order valence-corrected chi connectivity index (χ2v) is 9.41. The van der Waals surface area contributed by atoms with E-state index >= 15 is 0 Å². The normalized spacial score (nSPS) is 15.8. The number of aromatic nitrogens is 3. The van der Waals surface area contributed by atoms with Crippen molar-refractivity contribution in [3.63, 3.8) is 0 Å². The fraction of sp³-hybridized carbons (Fsp3) is 0.375. The number of thioether (sulfide) groups is 1. The maximum atomic E-state index is 13.2. The van der Waals surface area contributed by atoms with Crippen LogP contribution in [0.5, 0.6) is 0 Å². The number of carbonyl (C=O) groups excluding carboxylic acids is 1. The molecule has 1 aromatic heterocycles. The third-order valence-corrected chi connectivity index (χ3v) is 6.59. The van der Waals surface area contributed by atoms with Crippen molar-refractivity contribution in [2.75, 3.05) is 31.2 Å². The van der Waals surface area contributed by atoms with Crippen molar-refractivity contribution in [3.05, 3.63) is 65.5 Å². The van der Waals surface area contributed by atoms with E-state index in [4.69, 9.17) is 4.74 Å². The molecule has 33 heavy (non-hydrogen) atoms. The highest BCUT2D eigenvalue weighted by atomic mass is 32.2. The lowest BCUT2D eigenvalue weighted by molar-refractivity contribution is -0.120. The highest BCUT2D eigenvalue weighted by molar-refractivity contribution is 8.00. The Labute approximate surface area is 197 Å². The molecule has 4 rings (SSSR count). The van der Waals surface area contributed by atoms with Crippen molar-refractivity contribution in [1.82, 2.24) is 20.1 Å². The van der Waals surface area contributed by atoms with Crippen LogP contribution in [0.2, 0.25) is 0 Å². The van der Waals surface area contributed by atoms with Crippen molar-refractivity contribution >= 4 is 23.6 Å². The fourth-order valence-electron chi connectivity index (χ4n) is 3.68. The van der Waals surface area contributed by atoms with Gasteiger partial charge in [0.2, 0.25) is 11.9 Å². The number of nitrogens with one attached hydrogen (secondary N) is 1. The molecule has 9 heteroatoms. The first-order valence-electron chi connectivity index (χ1n) is 11.0. The zero-order chi connectivity index (χ0) is 23.4. The van der Waals surface area contributed by atoms with Gasteiger partial charge >= 0.3 is 0 Å². The first-order valence-corrected chi connectivity index (χ1v) is 11.9. The van der Waals surface area contributed by atoms with Crippen LogP contribution in [0.25, 0.3) is 5.69 Å². The summed E-state index contributed by atoms with van der Waals surface area (Å²) >= 11 is 1.36. The summed E-state index contributed by atoms with van der Waals surface area (Å²) in [6, 6.07) is 14.1. The van der Waals surface area contributed by atoms with Crippen LogP contribution in [0.1, 0.15) is 31.0 Å². The Morgan fingerprint density at radius 1 is 1.12 bits per heavy atom. The molecule has 174 valence electrons. The number of hydrogen-bond acceptors (Lipinski definition) is 6. The molecule has 3 aromatic rings. The van der Waals surface area contributed by atoms with E-state index in [1.54, 1.807) is 12.1 Å². The van der Waals surface area contributed by atoms with E-state index in [2.05, 4.69) is 26.5 Å². The van der Waals surface area contributed by atoms with E-state index in [1.807, 2.05) is 43.5 Å². The van der Waals surface area contributed by atoms with E-state index in [0.717, 1.165) is 35.9 Å². The topological polar surface area (TPSA) is 72.3 Å². The zero-order valence-corrected chi connectivity index (χ0v) is 19.8. The number of morpholine rings is 1. The predicted octanol–water partition coefficient (Wildman–Crippen LogP) is 3.91. The molecule has 0 radical (unpaired) electrons. The molecular weight excluding hydrogens is 441 g/mol. The first kappa shape index (κ1) is 23.3. The van der Waals surface area contributed by atoms with Crippen LogP contribution in [0.4, 0.5) is 10.3 Å². The van der Waals surface area contributed by atoms with Crippen LogP contribution in [0.3, 0.4) is 0 Å². The van der Waals surface area contributed by atoms with E-state index in [-0.39, 0.29) is 17.8 Å². The van der Waals surface area contributed by atoms with Crippen LogP contribution >= 0.6 is 11.8 Å². The quantitative estimate of drug-likeness (QED) is 0.529. The SMILES string of the molecule is Cc1cccc(-n2c(SC(C)C(=O)NC(C)c3ccc(F)cc3)nnc2N2CCOCC2)c1. The number of aryl methyl sites for hydroxylation is 1. The molecule has 1 aliphatic rings. The monoisotopic (exact) mass is 469 g/mol. The van der Waals surface area contributed by atoms with E-state index < -0.39 is 5.25 Å². The van der Waals surface area contributed by atoms with Gasteiger partial charge in [-0.15, -0.1) is 10.2 Å². The molecule has 1 N–H and O–H groups in total. The Morgan fingerprint density at radius 3 is 2.55 bits per heavy atom. The molecule has 2 atom stereocenters. The number of hydrogen-bond donors (Lipinski definition) is 1. The van der Waals surface area contributed by atoms with Crippen molar-refractivity contribution in [1.29, 1.82) is 0 Å². The summed E-state index contributed by atoms with van der Waals surface area (Å²) < 4.78 is 20.7. The Balaban J connectivity index is 1.54. The molecule has 0 saturated carbocycles. The molecule has 2 unspecified atom stereocenters. The molecule has 0 spiro atoms. The number of amides is 1. The lowest BCUT2D eigenvalue weighted by Crippen LogP contribution is -2.38. The van der Waals surface area contributed by atoms with Crippen LogP contribution in [0.15, 0.2) is 53.7 Å². The van der Waals surface area contributed by atoms with Crippen molar-refractivity contribution in [2.45, 2.75) is 37.2 Å². The first-order chi connectivity index (χ1) is 15.9. The standard InChI is InChI=1S/C24H28FN5O2S/c1-16-5-4-6-21(15-16)30-23(29-11-13-32-14-12-29)27-28-24(30)33-18(3)22(31)26-17(2)19-7-9-20(25)10-8-19/h4-10,15,17-18H,11-14H2,1-3H3,(H,26,31). The van der Waals surface area contributed by atoms with Crippen LogP contribution in [-0.2, 0) is 9.53 Å². The largest absolute Gasteiger partial charge is 0.378 e. The zero-order valence-electron chi connectivity index (χ0n) is 19.0. The van der Waals surface area contributed by atoms with Crippen LogP contribution in [0, 0.1) is 12.7 Å². The second-order valence-electron chi connectivity index (χ2n) is 8.10. The molecule has 1 aliphatic heterocycles. The molecule has 1 saturated heterocycles. The maximum Gasteiger partial charge on any atom is 0.233 e. The number of halogens is 1. The van der Waals surface area contributed by atoms with Crippen molar-refractivity contribution < 1.29 is 13.9 Å². The average Bonchev–Trinajstić information content (AvgIpc) is 3.23. The van der Waals surface area contributed by atoms with Gasteiger partial charge in [0, 0.05) is 13.1 Å². The molecule has 1 amide bonds. The molecule has 2 aromatic carbocycles. The number of rotatable bonds is 7. The number of nitrogens with zero attached hydrogens (tertiary/aromatic N) is 4. The van der Waals surface area contributed by atoms with Gasteiger partial charge in [-0.1, -0.05) is 36.0 Å². The lowest BCUT2D eigenvalue weighted by Gasteiger charge is -2.28. The number of anilines is 1. The summed E-state index contributed by atoms with van der Waals surface area (Å²) in [5, 5.41) is 12.2. The number of benzene rings is 2. The number of carbonyl (C=O) groups is 1. The van der Waals surface area contributed by atoms with Gasteiger partial charge in [-0.05, 0) is 56.2 Å². The van der Waals surface area contributed by atoms with E-state index in [1.165, 1.54) is 23.9 Å². The molecule has 0 aliphatic carbocycles. The second kappa shape index (κ2) is 10.4. The summed E-state index contributed by atoms with van der Waals surface area (Å²) in [4.78, 5) is 15.1. The third-order valence-electron chi connectivity index (χ3n) is 5.55. The van der Waals surface area contributed by atoms with Gasteiger partial charge in [0.1, 0.15) is 5.82 Å². The summed E-state index contributed by atoms with van der Waals surface area (Å²) in [5.41, 5.74) is 2.93. The molecular formula is C24H28FN5O2S. The Hall–Kier alpha value is -2.91. The van der Waals surface area contributed by atoms with Crippen molar-refractivity contribution in [3.8, 4) is 5.69 Å². The van der Waals surface area contributed by atoms with Gasteiger partial charge in [0.25, 0.3) is 0 Å². The van der Waals surface area contributed by atoms with Gasteiger partial charge < -0.3 is 15.0 Å². The lowest BCUT2D eigenvalue weighted by atomic mass is 10.1. The van der Waals surface area contributed by atoms with E-state index in [9.17, 15) is 9.18 Å². The highest BCUT2D eigenvalue weighted by Crippen LogP contribution is 2.30. The summed E-state index contributed by atoms with van der Waals surface area (Å²) in [5.74, 6) is 0.329. The van der Waals surface area contributed by atoms with E-state index in [0.29, 0.717) is 18.4 Å². The Bertz CT molecular complexity index is 1100. The van der Waals surface area contributed by atoms with Gasteiger partial charge in [0.05, 0.1) is 30.2 Å². The Morgan fingerprint density at radius 2 is 1.85 bits per heavy atom. The minimum absolute atomic E-state index is 0.122. The summed E-state index contributed by atoms with van der Waals surface area (Å²) in [6.45, 7) is 8.53. The Kier molecular flexibility index (Phi) is 7.29. The third kappa shape index (κ3) is 5.54. The van der Waals surface area contributed by atoms with Gasteiger partial charge in [0.15, 0.2) is 5.16 Å². The highest BCUT2D eigenvalue weighted by Gasteiger charge is 2.25.